The topological polar surface area (TPSA) is 75.2 Å². The normalized spacial score (nSPS) is 20.6. The van der Waals surface area contributed by atoms with Crippen LogP contribution in [0.5, 0.6) is 0 Å². The van der Waals surface area contributed by atoms with Gasteiger partial charge < -0.3 is 25.0 Å². The van der Waals surface area contributed by atoms with Crippen molar-refractivity contribution in [1.82, 2.24) is 10.2 Å². The summed E-state index contributed by atoms with van der Waals surface area (Å²) in [4.78, 5) is 18.9. The number of hydrogen-bond acceptors (Lipinski definition) is 4. The van der Waals surface area contributed by atoms with E-state index in [9.17, 15) is 4.79 Å². The number of piperidine rings is 1. The molecular formula is C25H41IN4O3. The predicted molar refractivity (Wildman–Crippen MR) is 144 cm³/mol. The Balaban J connectivity index is 0.00000385. The van der Waals surface area contributed by atoms with Crippen LogP contribution >= 0.6 is 24.0 Å². The Bertz CT molecular complexity index is 747. The monoisotopic (exact) mass is 572 g/mol. The molecule has 0 spiro atoms. The quantitative estimate of drug-likeness (QED) is 0.274. The SMILES string of the molecule is CCC(C)C(=O)Nc1cccc(CNC(=NC)N2CCC(OCC3CCCCO3)CC2)c1.I. The minimum absolute atomic E-state index is 0. The van der Waals surface area contributed by atoms with Gasteiger partial charge in [0.25, 0.3) is 0 Å². The first kappa shape index (κ1) is 27.9. The zero-order valence-electron chi connectivity index (χ0n) is 20.3. The van der Waals surface area contributed by atoms with E-state index in [1.807, 2.05) is 39.1 Å². The minimum atomic E-state index is 0. The van der Waals surface area contributed by atoms with Crippen LogP contribution in [0.1, 0.15) is 57.9 Å². The standard InChI is InChI=1S/C25H40N4O3.HI/c1-4-19(2)24(30)28-21-9-7-8-20(16-21)17-27-25(26-3)29-13-11-22(12-14-29)32-18-23-10-5-6-15-31-23;/h7-9,16,19,22-23H,4-6,10-15,17-18H2,1-3H3,(H,26,27)(H,28,30);1H. The first-order valence-electron chi connectivity index (χ1n) is 12.2. The molecule has 0 aromatic heterocycles. The van der Waals surface area contributed by atoms with E-state index in [1.54, 1.807) is 0 Å². The smallest absolute Gasteiger partial charge is 0.227 e. The molecule has 8 heteroatoms. The van der Waals surface area contributed by atoms with Crippen molar-refractivity contribution in [1.29, 1.82) is 0 Å². The fraction of sp³-hybridized carbons (Fsp3) is 0.680. The average Bonchev–Trinajstić information content (AvgIpc) is 2.84. The second kappa shape index (κ2) is 14.8. The number of aliphatic imine (C=N–C) groups is 1. The molecule has 2 aliphatic heterocycles. The maximum absolute atomic E-state index is 12.2. The molecule has 2 unspecified atom stereocenters. The van der Waals surface area contributed by atoms with E-state index in [1.165, 1.54) is 12.8 Å². The predicted octanol–water partition coefficient (Wildman–Crippen LogP) is 4.41. The number of ether oxygens (including phenoxy) is 2. The number of anilines is 1. The Morgan fingerprint density at radius 3 is 2.73 bits per heavy atom. The molecule has 0 radical (unpaired) electrons. The number of guanidine groups is 1. The van der Waals surface area contributed by atoms with Gasteiger partial charge >= 0.3 is 0 Å². The highest BCUT2D eigenvalue weighted by Gasteiger charge is 2.23. The van der Waals surface area contributed by atoms with E-state index < -0.39 is 0 Å². The third-order valence-electron chi connectivity index (χ3n) is 6.45. The summed E-state index contributed by atoms with van der Waals surface area (Å²) in [5.74, 6) is 0.986. The van der Waals surface area contributed by atoms with Gasteiger partial charge in [-0.05, 0) is 56.2 Å². The van der Waals surface area contributed by atoms with E-state index in [-0.39, 0.29) is 41.9 Å². The third kappa shape index (κ3) is 9.05. The number of likely N-dealkylation sites (tertiary alicyclic amines) is 1. The van der Waals surface area contributed by atoms with Gasteiger partial charge in [-0.25, -0.2) is 0 Å². The van der Waals surface area contributed by atoms with Gasteiger partial charge in [0, 0.05) is 44.9 Å². The van der Waals surface area contributed by atoms with Gasteiger partial charge in [0.05, 0.1) is 18.8 Å². The summed E-state index contributed by atoms with van der Waals surface area (Å²) in [6, 6.07) is 7.99. The molecule has 0 saturated carbocycles. The highest BCUT2D eigenvalue weighted by atomic mass is 127. The zero-order valence-corrected chi connectivity index (χ0v) is 22.7. The number of nitrogens with zero attached hydrogens (tertiary/aromatic N) is 2. The first-order chi connectivity index (χ1) is 15.6. The Morgan fingerprint density at radius 2 is 2.06 bits per heavy atom. The van der Waals surface area contributed by atoms with E-state index in [0.29, 0.717) is 12.6 Å². The van der Waals surface area contributed by atoms with Gasteiger partial charge in [0.2, 0.25) is 5.91 Å². The van der Waals surface area contributed by atoms with Crippen LogP contribution in [-0.4, -0.2) is 62.3 Å². The molecule has 33 heavy (non-hydrogen) atoms. The number of benzene rings is 1. The third-order valence-corrected chi connectivity index (χ3v) is 6.45. The van der Waals surface area contributed by atoms with E-state index in [2.05, 4.69) is 26.6 Å². The summed E-state index contributed by atoms with van der Waals surface area (Å²) in [7, 11) is 1.83. The second-order valence-electron chi connectivity index (χ2n) is 8.91. The molecule has 1 aromatic carbocycles. The number of amides is 1. The first-order valence-corrected chi connectivity index (χ1v) is 12.2. The van der Waals surface area contributed by atoms with Crippen LogP contribution in [0.2, 0.25) is 0 Å². The highest BCUT2D eigenvalue weighted by molar-refractivity contribution is 14.0. The van der Waals surface area contributed by atoms with Crippen LogP contribution in [0.3, 0.4) is 0 Å². The molecule has 1 amide bonds. The van der Waals surface area contributed by atoms with Crippen LogP contribution in [-0.2, 0) is 20.8 Å². The molecule has 0 aliphatic carbocycles. The Kier molecular flexibility index (Phi) is 12.5. The maximum Gasteiger partial charge on any atom is 0.227 e. The molecule has 2 saturated heterocycles. The largest absolute Gasteiger partial charge is 0.376 e. The molecule has 186 valence electrons. The summed E-state index contributed by atoms with van der Waals surface area (Å²) in [5.41, 5.74) is 1.95. The summed E-state index contributed by atoms with van der Waals surface area (Å²) in [6.45, 7) is 8.10. The molecule has 2 atom stereocenters. The summed E-state index contributed by atoms with van der Waals surface area (Å²) in [6.07, 6.45) is 6.98. The number of halogens is 1. The molecule has 2 aliphatic rings. The number of nitrogens with one attached hydrogen (secondary N) is 2. The van der Waals surface area contributed by atoms with Gasteiger partial charge in [-0.3, -0.25) is 9.79 Å². The maximum atomic E-state index is 12.2. The van der Waals surface area contributed by atoms with Crippen LogP contribution in [0.4, 0.5) is 5.69 Å². The van der Waals surface area contributed by atoms with Gasteiger partial charge in [0.1, 0.15) is 0 Å². The summed E-state index contributed by atoms with van der Waals surface area (Å²) < 4.78 is 11.9. The van der Waals surface area contributed by atoms with Gasteiger partial charge in [0.15, 0.2) is 5.96 Å². The van der Waals surface area contributed by atoms with Crippen molar-refractivity contribution < 1.29 is 14.3 Å². The fourth-order valence-corrected chi connectivity index (χ4v) is 4.14. The Hall–Kier alpha value is -1.39. The van der Waals surface area contributed by atoms with Crippen LogP contribution in [0.15, 0.2) is 29.3 Å². The molecule has 2 N–H and O–H groups in total. The van der Waals surface area contributed by atoms with Gasteiger partial charge in [-0.15, -0.1) is 24.0 Å². The van der Waals surface area contributed by atoms with Crippen LogP contribution in [0, 0.1) is 5.92 Å². The van der Waals surface area contributed by atoms with Crippen molar-refractivity contribution in [3.05, 3.63) is 29.8 Å². The van der Waals surface area contributed by atoms with E-state index in [4.69, 9.17) is 9.47 Å². The lowest BCUT2D eigenvalue weighted by Crippen LogP contribution is -2.47. The summed E-state index contributed by atoms with van der Waals surface area (Å²) >= 11 is 0. The lowest BCUT2D eigenvalue weighted by molar-refractivity contribution is -0.119. The fourth-order valence-electron chi connectivity index (χ4n) is 4.14. The van der Waals surface area contributed by atoms with Crippen molar-refractivity contribution in [3.8, 4) is 0 Å². The van der Waals surface area contributed by atoms with Crippen LogP contribution in [0.25, 0.3) is 0 Å². The van der Waals surface area contributed by atoms with Crippen molar-refractivity contribution >= 4 is 41.5 Å². The van der Waals surface area contributed by atoms with Crippen molar-refractivity contribution in [3.63, 3.8) is 0 Å². The Morgan fingerprint density at radius 1 is 1.27 bits per heavy atom. The lowest BCUT2D eigenvalue weighted by Gasteiger charge is -2.35. The van der Waals surface area contributed by atoms with Crippen molar-refractivity contribution in [2.45, 2.75) is 71.1 Å². The lowest BCUT2D eigenvalue weighted by atomic mass is 10.1. The van der Waals surface area contributed by atoms with Crippen molar-refractivity contribution in [2.75, 3.05) is 38.7 Å². The molecule has 2 heterocycles. The van der Waals surface area contributed by atoms with Crippen molar-refractivity contribution in [2.24, 2.45) is 10.9 Å². The van der Waals surface area contributed by atoms with Crippen LogP contribution < -0.4 is 10.6 Å². The second-order valence-corrected chi connectivity index (χ2v) is 8.91. The molecule has 2 fully saturated rings. The van der Waals surface area contributed by atoms with Gasteiger partial charge in [-0.1, -0.05) is 26.0 Å². The zero-order chi connectivity index (χ0) is 22.8. The molecule has 3 rings (SSSR count). The average molecular weight is 573 g/mol. The number of carbonyl (C=O) groups is 1. The van der Waals surface area contributed by atoms with E-state index in [0.717, 1.165) is 69.2 Å². The molecule has 1 aromatic rings. The number of rotatable bonds is 8. The number of hydrogen-bond donors (Lipinski definition) is 2. The molecule has 7 nitrogen and oxygen atoms in total. The Labute approximate surface area is 216 Å². The van der Waals surface area contributed by atoms with E-state index >= 15 is 0 Å². The number of carbonyl (C=O) groups excluding carboxylic acids is 1. The molecular weight excluding hydrogens is 531 g/mol. The highest BCUT2D eigenvalue weighted by Crippen LogP contribution is 2.18. The summed E-state index contributed by atoms with van der Waals surface area (Å²) in [5, 5.41) is 6.48. The molecule has 0 bridgehead atoms. The van der Waals surface area contributed by atoms with Gasteiger partial charge in [-0.2, -0.15) is 0 Å². The minimum Gasteiger partial charge on any atom is -0.376 e.